The Morgan fingerprint density at radius 3 is 2.25 bits per heavy atom. The predicted octanol–water partition coefficient (Wildman–Crippen LogP) is 5.79. The van der Waals surface area contributed by atoms with Crippen LogP contribution in [0.15, 0.2) is 36.4 Å². The average Bonchev–Trinajstić information content (AvgIpc) is 2.80. The molecule has 198 valence electrons. The lowest BCUT2D eigenvalue weighted by atomic mass is 10.1. The SMILES string of the molecule is CCCNC(=O)[C@@H](C)N(Cc1ccc(Cl)cc1Cl)C(=O)CCCN(c1cc(Cl)ccc1Cl)S(C)(=O)=O. The average molecular weight is 597 g/mol. The summed E-state index contributed by atoms with van der Waals surface area (Å²) in [6.07, 6.45) is 1.98. The fourth-order valence-electron chi connectivity index (χ4n) is 3.47. The molecular formula is C24H29Cl4N3O4S. The molecule has 7 nitrogen and oxygen atoms in total. The number of carbonyl (C=O) groups excluding carboxylic acids is 2. The van der Waals surface area contributed by atoms with E-state index in [0.29, 0.717) is 27.2 Å². The van der Waals surface area contributed by atoms with Crippen molar-refractivity contribution in [1.29, 1.82) is 0 Å². The lowest BCUT2D eigenvalue weighted by Crippen LogP contribution is -2.48. The van der Waals surface area contributed by atoms with Gasteiger partial charge < -0.3 is 10.2 Å². The maximum Gasteiger partial charge on any atom is 0.242 e. The summed E-state index contributed by atoms with van der Waals surface area (Å²) in [6.45, 7) is 4.14. The van der Waals surface area contributed by atoms with Crippen molar-refractivity contribution in [3.8, 4) is 0 Å². The minimum atomic E-state index is -3.70. The highest BCUT2D eigenvalue weighted by Crippen LogP contribution is 2.31. The molecule has 2 amide bonds. The van der Waals surface area contributed by atoms with Gasteiger partial charge in [0.15, 0.2) is 0 Å². The van der Waals surface area contributed by atoms with Crippen LogP contribution in [-0.2, 0) is 26.2 Å². The highest BCUT2D eigenvalue weighted by molar-refractivity contribution is 7.92. The van der Waals surface area contributed by atoms with Crippen molar-refractivity contribution in [3.63, 3.8) is 0 Å². The molecule has 0 fully saturated rings. The first-order chi connectivity index (χ1) is 16.8. The van der Waals surface area contributed by atoms with E-state index in [1.807, 2.05) is 6.92 Å². The van der Waals surface area contributed by atoms with Crippen molar-refractivity contribution in [1.82, 2.24) is 10.2 Å². The number of nitrogens with one attached hydrogen (secondary N) is 1. The standard InChI is InChI=1S/C24H29Cl4N3O4S/c1-4-11-29-24(33)16(2)30(15-17-7-8-18(25)13-21(17)28)23(32)6-5-12-31(36(3,34)35)22-14-19(26)9-10-20(22)27/h7-10,13-14,16H,4-6,11-12,15H2,1-3H3,(H,29,33)/t16-/m1/s1. The highest BCUT2D eigenvalue weighted by atomic mass is 35.5. The van der Waals surface area contributed by atoms with E-state index in [-0.39, 0.29) is 48.5 Å². The fourth-order valence-corrected chi connectivity index (χ4v) is 5.34. The Bertz CT molecular complexity index is 1190. The summed E-state index contributed by atoms with van der Waals surface area (Å²) >= 11 is 24.6. The van der Waals surface area contributed by atoms with Gasteiger partial charge in [-0.3, -0.25) is 13.9 Å². The number of hydrogen-bond acceptors (Lipinski definition) is 4. The number of hydrogen-bond donors (Lipinski definition) is 1. The molecule has 2 aromatic rings. The largest absolute Gasteiger partial charge is 0.354 e. The summed E-state index contributed by atoms with van der Waals surface area (Å²) in [6, 6.07) is 8.69. The van der Waals surface area contributed by atoms with Gasteiger partial charge in [-0.1, -0.05) is 59.4 Å². The van der Waals surface area contributed by atoms with Gasteiger partial charge in [-0.15, -0.1) is 0 Å². The molecule has 12 heteroatoms. The van der Waals surface area contributed by atoms with Gasteiger partial charge in [0.05, 0.1) is 17.0 Å². The summed E-state index contributed by atoms with van der Waals surface area (Å²) in [4.78, 5) is 27.4. The molecule has 0 saturated carbocycles. The molecule has 0 saturated heterocycles. The van der Waals surface area contributed by atoms with E-state index < -0.39 is 16.1 Å². The normalized spacial score (nSPS) is 12.2. The van der Waals surface area contributed by atoms with E-state index in [1.54, 1.807) is 31.2 Å². The number of halogens is 4. The summed E-state index contributed by atoms with van der Waals surface area (Å²) in [5.41, 5.74) is 0.865. The molecule has 0 aliphatic carbocycles. The molecule has 1 atom stereocenters. The van der Waals surface area contributed by atoms with Crippen LogP contribution < -0.4 is 9.62 Å². The lowest BCUT2D eigenvalue weighted by Gasteiger charge is -2.30. The second-order valence-electron chi connectivity index (χ2n) is 8.26. The minimum Gasteiger partial charge on any atom is -0.354 e. The summed E-state index contributed by atoms with van der Waals surface area (Å²) in [5.74, 6) is -0.621. The lowest BCUT2D eigenvalue weighted by molar-refractivity contribution is -0.140. The molecular weight excluding hydrogens is 568 g/mol. The van der Waals surface area contributed by atoms with Gasteiger partial charge in [-0.05, 0) is 55.7 Å². The van der Waals surface area contributed by atoms with Gasteiger partial charge in [-0.2, -0.15) is 0 Å². The van der Waals surface area contributed by atoms with Crippen LogP contribution >= 0.6 is 46.4 Å². The van der Waals surface area contributed by atoms with Crippen LogP contribution in [0.5, 0.6) is 0 Å². The Morgan fingerprint density at radius 1 is 1.00 bits per heavy atom. The molecule has 0 bridgehead atoms. The van der Waals surface area contributed by atoms with Gasteiger partial charge >= 0.3 is 0 Å². The molecule has 2 aromatic carbocycles. The van der Waals surface area contributed by atoms with E-state index in [2.05, 4.69) is 5.32 Å². The minimum absolute atomic E-state index is 0.00338. The quantitative estimate of drug-likeness (QED) is 0.336. The summed E-state index contributed by atoms with van der Waals surface area (Å²) in [7, 11) is -3.70. The maximum absolute atomic E-state index is 13.3. The first-order valence-electron chi connectivity index (χ1n) is 11.3. The first kappa shape index (κ1) is 30.5. The number of sulfonamides is 1. The molecule has 0 radical (unpaired) electrons. The molecule has 0 aliphatic rings. The van der Waals surface area contributed by atoms with E-state index >= 15 is 0 Å². The van der Waals surface area contributed by atoms with Crippen molar-refractivity contribution >= 4 is 73.9 Å². The van der Waals surface area contributed by atoms with E-state index in [1.165, 1.54) is 17.0 Å². The zero-order chi connectivity index (χ0) is 27.0. The van der Waals surface area contributed by atoms with Crippen molar-refractivity contribution in [2.45, 2.75) is 45.7 Å². The van der Waals surface area contributed by atoms with Crippen molar-refractivity contribution in [2.75, 3.05) is 23.7 Å². The van der Waals surface area contributed by atoms with Crippen LogP contribution in [0.1, 0.15) is 38.7 Å². The number of nitrogens with zero attached hydrogens (tertiary/aromatic N) is 2. The number of benzene rings is 2. The fraction of sp³-hybridized carbons (Fsp3) is 0.417. The summed E-state index contributed by atoms with van der Waals surface area (Å²) in [5, 5.41) is 4.18. The van der Waals surface area contributed by atoms with Gasteiger partial charge in [-0.25, -0.2) is 8.42 Å². The second-order valence-corrected chi connectivity index (χ2v) is 11.9. The zero-order valence-electron chi connectivity index (χ0n) is 20.2. The Morgan fingerprint density at radius 2 is 1.64 bits per heavy atom. The second kappa shape index (κ2) is 13.7. The van der Waals surface area contributed by atoms with Gasteiger partial charge in [0.2, 0.25) is 21.8 Å². The van der Waals surface area contributed by atoms with Crippen molar-refractivity contribution < 1.29 is 18.0 Å². The van der Waals surface area contributed by atoms with Crippen molar-refractivity contribution in [3.05, 3.63) is 62.1 Å². The third kappa shape index (κ3) is 8.70. The number of amides is 2. The topological polar surface area (TPSA) is 86.8 Å². The van der Waals surface area contributed by atoms with Gasteiger partial charge in [0, 0.05) is 41.1 Å². The molecule has 0 unspecified atom stereocenters. The number of anilines is 1. The molecule has 0 aromatic heterocycles. The molecule has 36 heavy (non-hydrogen) atoms. The Labute approximate surface area is 232 Å². The van der Waals surface area contributed by atoms with E-state index in [9.17, 15) is 18.0 Å². The van der Waals surface area contributed by atoms with Crippen molar-refractivity contribution in [2.24, 2.45) is 0 Å². The zero-order valence-corrected chi connectivity index (χ0v) is 24.1. The molecule has 2 rings (SSSR count). The first-order valence-corrected chi connectivity index (χ1v) is 14.6. The molecule has 0 spiro atoms. The van der Waals surface area contributed by atoms with E-state index in [4.69, 9.17) is 46.4 Å². The smallest absolute Gasteiger partial charge is 0.242 e. The number of rotatable bonds is 12. The van der Waals surface area contributed by atoms with Crippen LogP contribution in [0, 0.1) is 0 Å². The molecule has 0 aliphatic heterocycles. The highest BCUT2D eigenvalue weighted by Gasteiger charge is 2.27. The predicted molar refractivity (Wildman–Crippen MR) is 148 cm³/mol. The molecule has 1 N–H and O–H groups in total. The van der Waals surface area contributed by atoms with Crippen LogP contribution in [0.4, 0.5) is 5.69 Å². The van der Waals surface area contributed by atoms with E-state index in [0.717, 1.165) is 17.0 Å². The van der Waals surface area contributed by atoms with Crippen LogP contribution in [0.25, 0.3) is 0 Å². The Kier molecular flexibility index (Phi) is 11.6. The van der Waals surface area contributed by atoms with Crippen LogP contribution in [0.3, 0.4) is 0 Å². The maximum atomic E-state index is 13.3. The van der Waals surface area contributed by atoms with Gasteiger partial charge in [0.1, 0.15) is 6.04 Å². The Balaban J connectivity index is 2.22. The van der Waals surface area contributed by atoms with Gasteiger partial charge in [0.25, 0.3) is 0 Å². The third-order valence-electron chi connectivity index (χ3n) is 5.40. The third-order valence-corrected chi connectivity index (χ3v) is 7.72. The summed E-state index contributed by atoms with van der Waals surface area (Å²) < 4.78 is 26.0. The number of carbonyl (C=O) groups is 2. The Hall–Kier alpha value is -1.71. The van der Waals surface area contributed by atoms with Crippen LogP contribution in [-0.4, -0.2) is 50.5 Å². The monoisotopic (exact) mass is 595 g/mol. The van der Waals surface area contributed by atoms with Crippen LogP contribution in [0.2, 0.25) is 20.1 Å². The molecule has 0 heterocycles.